The van der Waals surface area contributed by atoms with Crippen LogP contribution in [-0.4, -0.2) is 35.2 Å². The summed E-state index contributed by atoms with van der Waals surface area (Å²) in [6.07, 6.45) is 2.16. The Hall–Kier alpha value is -1.91. The first-order valence-electron chi connectivity index (χ1n) is 5.96. The van der Waals surface area contributed by atoms with Gasteiger partial charge in [-0.1, -0.05) is 11.6 Å². The highest BCUT2D eigenvalue weighted by Crippen LogP contribution is 2.20. The van der Waals surface area contributed by atoms with Gasteiger partial charge < -0.3 is 15.7 Å². The summed E-state index contributed by atoms with van der Waals surface area (Å²) in [6.45, 7) is 0. The molecule has 0 fully saturated rings. The number of nitrogens with zero attached hydrogens (tertiary/aromatic N) is 1. The number of rotatable bonds is 6. The number of carboxylic acids is 1. The van der Waals surface area contributed by atoms with Gasteiger partial charge in [0.25, 0.3) is 0 Å². The third kappa shape index (κ3) is 5.53. The standard InChI is InChI=1S/C13H14ClN3O3S/c1-21-5-4-10(12(18)19)16-13(20)17-11-6-9(14)3-2-8(11)7-15/h2-3,6,10H,4-5H2,1H3,(H,18,19)(H2,16,17,20)/t10-/m1/s1. The molecule has 0 aliphatic heterocycles. The fraction of sp³-hybridized carbons (Fsp3) is 0.308. The Morgan fingerprint density at radius 2 is 2.24 bits per heavy atom. The van der Waals surface area contributed by atoms with Gasteiger partial charge in [0.1, 0.15) is 12.1 Å². The van der Waals surface area contributed by atoms with E-state index in [1.54, 1.807) is 0 Å². The number of aliphatic carboxylic acids is 1. The number of urea groups is 1. The molecule has 3 N–H and O–H groups in total. The lowest BCUT2D eigenvalue weighted by atomic mass is 10.2. The normalized spacial score (nSPS) is 11.3. The summed E-state index contributed by atoms with van der Waals surface area (Å²) in [5.41, 5.74) is 0.474. The van der Waals surface area contributed by atoms with Crippen LogP contribution in [0.5, 0.6) is 0 Å². The van der Waals surface area contributed by atoms with Gasteiger partial charge in [0.15, 0.2) is 0 Å². The Bertz CT molecular complexity index is 574. The Kier molecular flexibility index (Phi) is 6.85. The number of nitrogens with one attached hydrogen (secondary N) is 2. The monoisotopic (exact) mass is 327 g/mol. The number of benzene rings is 1. The van der Waals surface area contributed by atoms with Gasteiger partial charge in [-0.3, -0.25) is 0 Å². The molecule has 0 saturated carbocycles. The summed E-state index contributed by atoms with van der Waals surface area (Å²) in [6, 6.07) is 4.67. The second kappa shape index (κ2) is 8.39. The van der Waals surface area contributed by atoms with Crippen LogP contribution >= 0.6 is 23.4 Å². The van der Waals surface area contributed by atoms with Gasteiger partial charge in [-0.2, -0.15) is 17.0 Å². The summed E-state index contributed by atoms with van der Waals surface area (Å²) in [5, 5.41) is 23.1. The molecule has 8 heteroatoms. The van der Waals surface area contributed by atoms with E-state index in [2.05, 4.69) is 10.6 Å². The van der Waals surface area contributed by atoms with E-state index in [1.807, 2.05) is 12.3 Å². The molecule has 1 aromatic rings. The predicted molar refractivity (Wildman–Crippen MR) is 82.7 cm³/mol. The predicted octanol–water partition coefficient (Wildman–Crippen LogP) is 2.54. The zero-order valence-corrected chi connectivity index (χ0v) is 12.8. The van der Waals surface area contributed by atoms with Gasteiger partial charge >= 0.3 is 12.0 Å². The number of anilines is 1. The summed E-state index contributed by atoms with van der Waals surface area (Å²) >= 11 is 7.29. The number of hydrogen-bond donors (Lipinski definition) is 3. The average molecular weight is 328 g/mol. The van der Waals surface area contributed by atoms with Gasteiger partial charge in [0.05, 0.1) is 11.3 Å². The molecule has 0 saturated heterocycles. The lowest BCUT2D eigenvalue weighted by Crippen LogP contribution is -2.43. The number of hydrogen-bond acceptors (Lipinski definition) is 4. The van der Waals surface area contributed by atoms with E-state index in [0.717, 1.165) is 0 Å². The van der Waals surface area contributed by atoms with E-state index in [1.165, 1.54) is 30.0 Å². The maximum absolute atomic E-state index is 11.8. The van der Waals surface area contributed by atoms with Crippen LogP contribution in [0.2, 0.25) is 5.02 Å². The van der Waals surface area contributed by atoms with Crippen molar-refractivity contribution in [3.63, 3.8) is 0 Å². The minimum Gasteiger partial charge on any atom is -0.480 e. The molecule has 0 bridgehead atoms. The zero-order chi connectivity index (χ0) is 15.8. The number of amides is 2. The van der Waals surface area contributed by atoms with Crippen LogP contribution < -0.4 is 10.6 Å². The molecular formula is C13H14ClN3O3S. The van der Waals surface area contributed by atoms with Crippen molar-refractivity contribution in [2.24, 2.45) is 0 Å². The molecule has 0 aliphatic carbocycles. The van der Waals surface area contributed by atoms with Crippen molar-refractivity contribution in [2.75, 3.05) is 17.3 Å². The Labute approximate surface area is 131 Å². The lowest BCUT2D eigenvalue weighted by molar-refractivity contribution is -0.139. The number of carbonyl (C=O) groups excluding carboxylic acids is 1. The van der Waals surface area contributed by atoms with Crippen molar-refractivity contribution in [1.29, 1.82) is 5.26 Å². The van der Waals surface area contributed by atoms with Crippen LogP contribution in [0.25, 0.3) is 0 Å². The molecule has 0 heterocycles. The number of halogens is 1. The maximum atomic E-state index is 11.8. The number of nitriles is 1. The molecule has 112 valence electrons. The van der Waals surface area contributed by atoms with Crippen molar-refractivity contribution >= 4 is 41.1 Å². The first-order valence-corrected chi connectivity index (χ1v) is 7.74. The van der Waals surface area contributed by atoms with E-state index in [4.69, 9.17) is 22.0 Å². The molecule has 0 aliphatic rings. The first kappa shape index (κ1) is 17.1. The van der Waals surface area contributed by atoms with Gasteiger partial charge in [-0.05, 0) is 36.6 Å². The fourth-order valence-electron chi connectivity index (χ4n) is 1.53. The number of carbonyl (C=O) groups is 2. The average Bonchev–Trinajstić information content (AvgIpc) is 2.43. The number of carboxylic acid groups (broad SMARTS) is 1. The summed E-state index contributed by atoms with van der Waals surface area (Å²) < 4.78 is 0. The lowest BCUT2D eigenvalue weighted by Gasteiger charge is -2.15. The molecule has 0 radical (unpaired) electrons. The van der Waals surface area contributed by atoms with Gasteiger partial charge in [-0.15, -0.1) is 0 Å². The molecule has 2 amide bonds. The summed E-state index contributed by atoms with van der Waals surface area (Å²) in [5.74, 6) is -0.497. The van der Waals surface area contributed by atoms with Gasteiger partial charge in [-0.25, -0.2) is 9.59 Å². The third-order valence-corrected chi connectivity index (χ3v) is 3.44. The van der Waals surface area contributed by atoms with Crippen LogP contribution in [-0.2, 0) is 4.79 Å². The molecule has 1 rings (SSSR count). The Balaban J connectivity index is 2.74. The Morgan fingerprint density at radius 3 is 2.81 bits per heavy atom. The van der Waals surface area contributed by atoms with E-state index in [-0.39, 0.29) is 11.3 Å². The molecule has 1 aromatic carbocycles. The highest BCUT2D eigenvalue weighted by atomic mass is 35.5. The topological polar surface area (TPSA) is 102 Å². The van der Waals surface area contributed by atoms with Crippen LogP contribution in [0.1, 0.15) is 12.0 Å². The van der Waals surface area contributed by atoms with Crippen LogP contribution in [0, 0.1) is 11.3 Å². The highest BCUT2D eigenvalue weighted by Gasteiger charge is 2.19. The van der Waals surface area contributed by atoms with Crippen LogP contribution in [0.4, 0.5) is 10.5 Å². The van der Waals surface area contributed by atoms with Crippen molar-refractivity contribution < 1.29 is 14.7 Å². The largest absolute Gasteiger partial charge is 0.480 e. The smallest absolute Gasteiger partial charge is 0.326 e. The number of thioether (sulfide) groups is 1. The molecule has 0 aromatic heterocycles. The van der Waals surface area contributed by atoms with Crippen LogP contribution in [0.3, 0.4) is 0 Å². The van der Waals surface area contributed by atoms with Crippen molar-refractivity contribution in [3.05, 3.63) is 28.8 Å². The molecular weight excluding hydrogens is 314 g/mol. The molecule has 6 nitrogen and oxygen atoms in total. The van der Waals surface area contributed by atoms with Crippen molar-refractivity contribution in [2.45, 2.75) is 12.5 Å². The third-order valence-electron chi connectivity index (χ3n) is 2.56. The minimum atomic E-state index is -1.11. The van der Waals surface area contributed by atoms with Gasteiger partial charge in [0, 0.05) is 5.02 Å². The first-order chi connectivity index (χ1) is 9.97. The van der Waals surface area contributed by atoms with Gasteiger partial charge in [0.2, 0.25) is 0 Å². The minimum absolute atomic E-state index is 0.233. The second-order valence-corrected chi connectivity index (χ2v) is 5.49. The molecule has 0 unspecified atom stereocenters. The molecule has 21 heavy (non-hydrogen) atoms. The van der Waals surface area contributed by atoms with E-state index in [9.17, 15) is 9.59 Å². The van der Waals surface area contributed by atoms with Crippen molar-refractivity contribution in [1.82, 2.24) is 5.32 Å². The van der Waals surface area contributed by atoms with Crippen LogP contribution in [0.15, 0.2) is 18.2 Å². The SMILES string of the molecule is CSCC[C@@H](NC(=O)Nc1cc(Cl)ccc1C#N)C(=O)O. The molecule has 1 atom stereocenters. The highest BCUT2D eigenvalue weighted by molar-refractivity contribution is 7.98. The molecule has 0 spiro atoms. The van der Waals surface area contributed by atoms with E-state index >= 15 is 0 Å². The maximum Gasteiger partial charge on any atom is 0.326 e. The summed E-state index contributed by atoms with van der Waals surface area (Å²) in [7, 11) is 0. The second-order valence-electron chi connectivity index (χ2n) is 4.07. The quantitative estimate of drug-likeness (QED) is 0.745. The van der Waals surface area contributed by atoms with E-state index in [0.29, 0.717) is 17.2 Å². The van der Waals surface area contributed by atoms with Crippen molar-refractivity contribution in [3.8, 4) is 6.07 Å². The zero-order valence-electron chi connectivity index (χ0n) is 11.2. The fourth-order valence-corrected chi connectivity index (χ4v) is 2.17. The summed E-state index contributed by atoms with van der Waals surface area (Å²) in [4.78, 5) is 22.9. The Morgan fingerprint density at radius 1 is 1.52 bits per heavy atom. The van der Waals surface area contributed by atoms with E-state index < -0.39 is 18.0 Å².